The Hall–Kier alpha value is 0.110. The first-order chi connectivity index (χ1) is 7.04. The molecule has 1 fully saturated rings. The van der Waals surface area contributed by atoms with Gasteiger partial charge in [0.15, 0.2) is 0 Å². The maximum Gasteiger partial charge on any atom is 0.472 e. The molecule has 1 aliphatic carbocycles. The topological polar surface area (TPSA) is 55.8 Å². The van der Waals surface area contributed by atoms with E-state index in [9.17, 15) is 9.46 Å². The first kappa shape index (κ1) is 13.2. The van der Waals surface area contributed by atoms with Crippen LogP contribution in [0.25, 0.3) is 0 Å². The Bertz CT molecular complexity index is 236. The van der Waals surface area contributed by atoms with Gasteiger partial charge in [-0.1, -0.05) is 26.7 Å². The van der Waals surface area contributed by atoms with E-state index in [4.69, 9.17) is 9.05 Å². The highest BCUT2D eigenvalue weighted by atomic mass is 31.2. The lowest BCUT2D eigenvalue weighted by Crippen LogP contribution is -2.26. The molecule has 0 aliphatic heterocycles. The van der Waals surface area contributed by atoms with Crippen molar-refractivity contribution < 1.29 is 18.5 Å². The number of hydrogen-bond donors (Lipinski definition) is 1. The van der Waals surface area contributed by atoms with E-state index in [1.165, 1.54) is 0 Å². The summed E-state index contributed by atoms with van der Waals surface area (Å²) in [5.41, 5.74) is -0.419. The lowest BCUT2D eigenvalue weighted by Gasteiger charge is -2.29. The first-order valence-corrected chi connectivity index (χ1v) is 7.21. The minimum absolute atomic E-state index is 0.271. The SMILES string of the molecule is CCCOP(=O)(O)OC1(CC)CCCC1. The van der Waals surface area contributed by atoms with Gasteiger partial charge in [0, 0.05) is 0 Å². The molecule has 1 aliphatic rings. The minimum Gasteiger partial charge on any atom is -0.302 e. The Kier molecular flexibility index (Phi) is 4.78. The summed E-state index contributed by atoms with van der Waals surface area (Å²) in [6.07, 6.45) is 5.36. The molecule has 0 aromatic rings. The van der Waals surface area contributed by atoms with Crippen LogP contribution in [0.1, 0.15) is 52.4 Å². The highest BCUT2D eigenvalue weighted by molar-refractivity contribution is 7.47. The average Bonchev–Trinajstić information content (AvgIpc) is 2.63. The van der Waals surface area contributed by atoms with Crippen molar-refractivity contribution in [2.24, 2.45) is 0 Å². The van der Waals surface area contributed by atoms with Gasteiger partial charge in [-0.05, 0) is 25.7 Å². The number of hydrogen-bond acceptors (Lipinski definition) is 3. The quantitative estimate of drug-likeness (QED) is 0.719. The van der Waals surface area contributed by atoms with Crippen LogP contribution in [0.5, 0.6) is 0 Å². The predicted octanol–water partition coefficient (Wildman–Crippen LogP) is 3.25. The second-order valence-electron chi connectivity index (χ2n) is 4.14. The molecule has 0 aromatic carbocycles. The van der Waals surface area contributed by atoms with Crippen LogP contribution in [-0.2, 0) is 13.6 Å². The highest BCUT2D eigenvalue weighted by Gasteiger charge is 2.40. The van der Waals surface area contributed by atoms with Crippen LogP contribution in [-0.4, -0.2) is 17.1 Å². The van der Waals surface area contributed by atoms with E-state index in [-0.39, 0.29) is 6.61 Å². The summed E-state index contributed by atoms with van der Waals surface area (Å²) in [7, 11) is -3.84. The zero-order chi connectivity index (χ0) is 11.4. The van der Waals surface area contributed by atoms with Crippen molar-refractivity contribution in [3.8, 4) is 0 Å². The molecule has 1 atom stereocenters. The second-order valence-corrected chi connectivity index (χ2v) is 5.51. The van der Waals surface area contributed by atoms with Crippen molar-refractivity contribution >= 4 is 7.82 Å². The predicted molar refractivity (Wildman–Crippen MR) is 58.6 cm³/mol. The Balaban J connectivity index is 2.53. The van der Waals surface area contributed by atoms with Gasteiger partial charge in [0.05, 0.1) is 12.2 Å². The molecular weight excluding hydrogens is 215 g/mol. The summed E-state index contributed by atoms with van der Waals surface area (Å²) < 4.78 is 21.8. The summed E-state index contributed by atoms with van der Waals surface area (Å²) in [5.74, 6) is 0. The third-order valence-corrected chi connectivity index (χ3v) is 4.05. The molecule has 0 heterocycles. The normalized spacial score (nSPS) is 23.9. The van der Waals surface area contributed by atoms with Crippen LogP contribution in [0.4, 0.5) is 0 Å². The molecule has 15 heavy (non-hydrogen) atoms. The van der Waals surface area contributed by atoms with Crippen molar-refractivity contribution in [1.82, 2.24) is 0 Å². The van der Waals surface area contributed by atoms with Crippen molar-refractivity contribution in [1.29, 1.82) is 0 Å². The molecule has 0 saturated heterocycles. The lowest BCUT2D eigenvalue weighted by atomic mass is 10.00. The zero-order valence-electron chi connectivity index (χ0n) is 9.57. The van der Waals surface area contributed by atoms with E-state index in [2.05, 4.69) is 0 Å². The summed E-state index contributed by atoms with van der Waals surface area (Å²) in [4.78, 5) is 9.51. The van der Waals surface area contributed by atoms with Crippen molar-refractivity contribution in [3.63, 3.8) is 0 Å². The number of phosphoric acid groups is 1. The molecule has 0 radical (unpaired) electrons. The van der Waals surface area contributed by atoms with Crippen molar-refractivity contribution in [2.75, 3.05) is 6.61 Å². The fraction of sp³-hybridized carbons (Fsp3) is 1.00. The molecule has 5 heteroatoms. The van der Waals surface area contributed by atoms with Crippen LogP contribution in [0, 0.1) is 0 Å². The maximum absolute atomic E-state index is 11.6. The molecule has 1 rings (SSSR count). The van der Waals surface area contributed by atoms with E-state index < -0.39 is 13.4 Å². The second kappa shape index (κ2) is 5.44. The monoisotopic (exact) mass is 236 g/mol. The first-order valence-electron chi connectivity index (χ1n) is 5.72. The van der Waals surface area contributed by atoms with Gasteiger partial charge in [0.2, 0.25) is 0 Å². The molecular formula is C10H21O4P. The third-order valence-electron chi connectivity index (χ3n) is 2.93. The van der Waals surface area contributed by atoms with E-state index in [0.717, 1.165) is 32.1 Å². The molecule has 90 valence electrons. The maximum atomic E-state index is 11.6. The molecule has 1 unspecified atom stereocenters. The summed E-state index contributed by atoms with van der Waals surface area (Å²) in [6.45, 7) is 4.16. The van der Waals surface area contributed by atoms with Gasteiger partial charge in [0.25, 0.3) is 0 Å². The molecule has 0 amide bonds. The molecule has 0 aromatic heterocycles. The van der Waals surface area contributed by atoms with Gasteiger partial charge in [-0.2, -0.15) is 0 Å². The summed E-state index contributed by atoms with van der Waals surface area (Å²) in [5, 5.41) is 0. The summed E-state index contributed by atoms with van der Waals surface area (Å²) in [6, 6.07) is 0. The fourth-order valence-corrected chi connectivity index (χ4v) is 3.27. The Labute approximate surface area is 91.6 Å². The molecule has 1 saturated carbocycles. The highest BCUT2D eigenvalue weighted by Crippen LogP contribution is 2.52. The van der Waals surface area contributed by atoms with Crippen LogP contribution in [0.2, 0.25) is 0 Å². The van der Waals surface area contributed by atoms with Crippen LogP contribution in [0.15, 0.2) is 0 Å². The van der Waals surface area contributed by atoms with Gasteiger partial charge in [-0.3, -0.25) is 9.05 Å². The number of rotatable bonds is 6. The van der Waals surface area contributed by atoms with Crippen molar-refractivity contribution in [3.05, 3.63) is 0 Å². The standard InChI is InChI=1S/C10H21O4P/c1-3-9-13-15(11,12)14-10(4-2)7-5-6-8-10/h3-9H2,1-2H3,(H,11,12). The van der Waals surface area contributed by atoms with Gasteiger partial charge < -0.3 is 4.89 Å². The van der Waals surface area contributed by atoms with Crippen molar-refractivity contribution in [2.45, 2.75) is 58.0 Å². The molecule has 4 nitrogen and oxygen atoms in total. The van der Waals surface area contributed by atoms with Gasteiger partial charge in [0.1, 0.15) is 0 Å². The third kappa shape index (κ3) is 3.87. The van der Waals surface area contributed by atoms with Crippen LogP contribution < -0.4 is 0 Å². The van der Waals surface area contributed by atoms with Gasteiger partial charge in [-0.15, -0.1) is 0 Å². The van der Waals surface area contributed by atoms with Gasteiger partial charge in [-0.25, -0.2) is 4.57 Å². The fourth-order valence-electron chi connectivity index (χ4n) is 2.01. The average molecular weight is 236 g/mol. The smallest absolute Gasteiger partial charge is 0.302 e. The molecule has 0 bridgehead atoms. The summed E-state index contributed by atoms with van der Waals surface area (Å²) >= 11 is 0. The van der Waals surface area contributed by atoms with E-state index >= 15 is 0 Å². The largest absolute Gasteiger partial charge is 0.472 e. The molecule has 0 spiro atoms. The van der Waals surface area contributed by atoms with E-state index in [1.54, 1.807) is 0 Å². The molecule has 1 N–H and O–H groups in total. The van der Waals surface area contributed by atoms with E-state index in [0.29, 0.717) is 6.42 Å². The Morgan fingerprint density at radius 2 is 1.93 bits per heavy atom. The Morgan fingerprint density at radius 1 is 1.33 bits per heavy atom. The zero-order valence-corrected chi connectivity index (χ0v) is 10.5. The lowest BCUT2D eigenvalue weighted by molar-refractivity contribution is 0.0234. The minimum atomic E-state index is -3.84. The van der Waals surface area contributed by atoms with Crippen LogP contribution >= 0.6 is 7.82 Å². The number of phosphoric ester groups is 1. The van der Waals surface area contributed by atoms with E-state index in [1.807, 2.05) is 13.8 Å². The Morgan fingerprint density at radius 3 is 2.40 bits per heavy atom. The van der Waals surface area contributed by atoms with Gasteiger partial charge >= 0.3 is 7.82 Å². The van der Waals surface area contributed by atoms with Crippen LogP contribution in [0.3, 0.4) is 0 Å².